The van der Waals surface area contributed by atoms with Crippen molar-refractivity contribution >= 4 is 18.4 Å². The molecule has 5 heteroatoms. The Morgan fingerprint density at radius 1 is 1.18 bits per heavy atom. The predicted octanol–water partition coefficient (Wildman–Crippen LogP) is 3.13. The van der Waals surface area contributed by atoms with Gasteiger partial charge in [0.05, 0.1) is 0 Å². The first-order valence-electron chi connectivity index (χ1n) is 4.71. The molecule has 0 aliphatic heterocycles. The van der Waals surface area contributed by atoms with Crippen molar-refractivity contribution in [2.45, 2.75) is 6.42 Å². The van der Waals surface area contributed by atoms with Crippen LogP contribution in [0, 0.1) is 5.82 Å². The minimum Gasteiger partial charge on any atom is -0.475 e. The number of carboxylic acid groups (broad SMARTS) is 1. The van der Waals surface area contributed by atoms with Crippen LogP contribution in [0.15, 0.2) is 40.8 Å². The van der Waals surface area contributed by atoms with Gasteiger partial charge in [-0.2, -0.15) is 0 Å². The van der Waals surface area contributed by atoms with E-state index in [0.29, 0.717) is 12.2 Å². The average Bonchev–Trinajstić information content (AvgIpc) is 2.70. The van der Waals surface area contributed by atoms with Crippen LogP contribution in [0.1, 0.15) is 21.9 Å². The van der Waals surface area contributed by atoms with Crippen LogP contribution >= 0.6 is 12.4 Å². The average molecular weight is 257 g/mol. The van der Waals surface area contributed by atoms with E-state index in [1.54, 1.807) is 18.2 Å². The van der Waals surface area contributed by atoms with Gasteiger partial charge in [-0.15, -0.1) is 12.4 Å². The highest BCUT2D eigenvalue weighted by atomic mass is 35.5. The van der Waals surface area contributed by atoms with E-state index in [-0.39, 0.29) is 24.0 Å². The third kappa shape index (κ3) is 3.32. The molecule has 1 aromatic carbocycles. The second kappa shape index (κ2) is 5.50. The molecule has 0 saturated carbocycles. The van der Waals surface area contributed by atoms with Gasteiger partial charge < -0.3 is 9.52 Å². The zero-order valence-electron chi connectivity index (χ0n) is 8.72. The van der Waals surface area contributed by atoms with E-state index in [1.807, 2.05) is 0 Å². The van der Waals surface area contributed by atoms with Crippen LogP contribution < -0.4 is 0 Å². The molecule has 0 fully saturated rings. The summed E-state index contributed by atoms with van der Waals surface area (Å²) in [7, 11) is 0. The number of carboxylic acids is 1. The zero-order chi connectivity index (χ0) is 11.5. The van der Waals surface area contributed by atoms with Crippen molar-refractivity contribution in [3.8, 4) is 0 Å². The maximum atomic E-state index is 12.6. The molecule has 90 valence electrons. The van der Waals surface area contributed by atoms with E-state index in [0.717, 1.165) is 5.56 Å². The topological polar surface area (TPSA) is 50.4 Å². The Morgan fingerprint density at radius 3 is 2.35 bits per heavy atom. The molecule has 0 atom stereocenters. The Bertz CT molecular complexity index is 505. The first-order chi connectivity index (χ1) is 7.65. The molecule has 0 unspecified atom stereocenters. The summed E-state index contributed by atoms with van der Waals surface area (Å²) in [5.74, 6) is -0.930. The number of aromatic carboxylic acids is 1. The van der Waals surface area contributed by atoms with Crippen LogP contribution in [0.4, 0.5) is 4.39 Å². The lowest BCUT2D eigenvalue weighted by Crippen LogP contribution is -1.92. The Hall–Kier alpha value is -1.81. The molecule has 0 spiro atoms. The summed E-state index contributed by atoms with van der Waals surface area (Å²) < 4.78 is 17.7. The molecule has 0 bridgehead atoms. The van der Waals surface area contributed by atoms with Crippen LogP contribution in [-0.4, -0.2) is 11.1 Å². The minimum atomic E-state index is -1.09. The van der Waals surface area contributed by atoms with Gasteiger partial charge >= 0.3 is 5.97 Å². The molecule has 0 radical (unpaired) electrons. The number of furan rings is 1. The van der Waals surface area contributed by atoms with Gasteiger partial charge in [0, 0.05) is 6.42 Å². The van der Waals surface area contributed by atoms with Crippen molar-refractivity contribution in [3.63, 3.8) is 0 Å². The molecular weight excluding hydrogens is 247 g/mol. The van der Waals surface area contributed by atoms with Crippen LogP contribution in [0.5, 0.6) is 0 Å². The van der Waals surface area contributed by atoms with Gasteiger partial charge in [0.2, 0.25) is 5.76 Å². The Labute approximate surface area is 103 Å². The lowest BCUT2D eigenvalue weighted by atomic mass is 10.1. The number of rotatable bonds is 3. The molecule has 17 heavy (non-hydrogen) atoms. The second-order valence-electron chi connectivity index (χ2n) is 3.37. The third-order valence-corrected chi connectivity index (χ3v) is 2.16. The van der Waals surface area contributed by atoms with Gasteiger partial charge in [-0.05, 0) is 29.8 Å². The second-order valence-corrected chi connectivity index (χ2v) is 3.37. The third-order valence-electron chi connectivity index (χ3n) is 2.16. The van der Waals surface area contributed by atoms with Crippen molar-refractivity contribution < 1.29 is 18.7 Å². The van der Waals surface area contributed by atoms with Crippen LogP contribution in [0.25, 0.3) is 0 Å². The molecule has 0 saturated heterocycles. The summed E-state index contributed by atoms with van der Waals surface area (Å²) in [6, 6.07) is 9.00. The smallest absolute Gasteiger partial charge is 0.371 e. The monoisotopic (exact) mass is 256 g/mol. The fraction of sp³-hybridized carbons (Fsp3) is 0.0833. The van der Waals surface area contributed by atoms with Gasteiger partial charge in [0.25, 0.3) is 0 Å². The highest BCUT2D eigenvalue weighted by Crippen LogP contribution is 2.13. The van der Waals surface area contributed by atoms with Crippen molar-refractivity contribution in [2.24, 2.45) is 0 Å². The molecule has 0 aliphatic carbocycles. The predicted molar refractivity (Wildman–Crippen MR) is 62.1 cm³/mol. The fourth-order valence-corrected chi connectivity index (χ4v) is 1.39. The molecule has 0 aliphatic rings. The van der Waals surface area contributed by atoms with Crippen LogP contribution in [-0.2, 0) is 6.42 Å². The molecule has 2 rings (SSSR count). The standard InChI is InChI=1S/C12H9FO3.ClH/c13-9-3-1-8(2-4-9)7-10-5-6-11(16-10)12(14)15;/h1-6H,7H2,(H,14,15);1H. The Kier molecular flexibility index (Phi) is 4.29. The minimum absolute atomic E-state index is 0. The number of carbonyl (C=O) groups is 1. The Balaban J connectivity index is 0.00000144. The largest absolute Gasteiger partial charge is 0.475 e. The Morgan fingerprint density at radius 2 is 1.82 bits per heavy atom. The highest BCUT2D eigenvalue weighted by molar-refractivity contribution is 5.85. The van der Waals surface area contributed by atoms with E-state index in [1.165, 1.54) is 18.2 Å². The van der Waals surface area contributed by atoms with Gasteiger partial charge in [-0.1, -0.05) is 12.1 Å². The molecular formula is C12H10ClFO3. The fourth-order valence-electron chi connectivity index (χ4n) is 1.39. The summed E-state index contributed by atoms with van der Waals surface area (Å²) in [5, 5.41) is 8.66. The molecule has 2 aromatic rings. The van der Waals surface area contributed by atoms with E-state index < -0.39 is 5.97 Å². The first kappa shape index (κ1) is 13.3. The summed E-state index contributed by atoms with van der Waals surface area (Å²) >= 11 is 0. The zero-order valence-corrected chi connectivity index (χ0v) is 9.54. The van der Waals surface area contributed by atoms with Crippen molar-refractivity contribution in [1.29, 1.82) is 0 Å². The summed E-state index contributed by atoms with van der Waals surface area (Å²) in [5.41, 5.74) is 0.868. The van der Waals surface area contributed by atoms with Crippen molar-refractivity contribution in [3.05, 3.63) is 59.3 Å². The first-order valence-corrected chi connectivity index (χ1v) is 4.71. The summed E-state index contributed by atoms with van der Waals surface area (Å²) in [6.07, 6.45) is 0.452. The van der Waals surface area contributed by atoms with E-state index in [9.17, 15) is 9.18 Å². The van der Waals surface area contributed by atoms with Gasteiger partial charge in [0.1, 0.15) is 11.6 Å². The molecule has 1 heterocycles. The maximum Gasteiger partial charge on any atom is 0.371 e. The number of benzene rings is 1. The quantitative estimate of drug-likeness (QED) is 0.918. The van der Waals surface area contributed by atoms with E-state index in [2.05, 4.69) is 0 Å². The van der Waals surface area contributed by atoms with Gasteiger partial charge in [-0.3, -0.25) is 0 Å². The highest BCUT2D eigenvalue weighted by Gasteiger charge is 2.09. The van der Waals surface area contributed by atoms with Crippen LogP contribution in [0.2, 0.25) is 0 Å². The van der Waals surface area contributed by atoms with Crippen molar-refractivity contribution in [2.75, 3.05) is 0 Å². The van der Waals surface area contributed by atoms with Crippen LogP contribution in [0.3, 0.4) is 0 Å². The summed E-state index contributed by atoms with van der Waals surface area (Å²) in [4.78, 5) is 10.6. The molecule has 1 N–H and O–H groups in total. The number of halogens is 2. The number of hydrogen-bond acceptors (Lipinski definition) is 2. The summed E-state index contributed by atoms with van der Waals surface area (Å²) in [6.45, 7) is 0. The normalized spacial score (nSPS) is 9.71. The molecule has 0 amide bonds. The van der Waals surface area contributed by atoms with E-state index >= 15 is 0 Å². The lowest BCUT2D eigenvalue weighted by molar-refractivity contribution is 0.0660. The lowest BCUT2D eigenvalue weighted by Gasteiger charge is -1.97. The molecule has 3 nitrogen and oxygen atoms in total. The molecule has 1 aromatic heterocycles. The van der Waals surface area contributed by atoms with Gasteiger partial charge in [-0.25, -0.2) is 9.18 Å². The number of hydrogen-bond donors (Lipinski definition) is 1. The van der Waals surface area contributed by atoms with Gasteiger partial charge in [0.15, 0.2) is 0 Å². The SMILES string of the molecule is Cl.O=C(O)c1ccc(Cc2ccc(F)cc2)o1. The van der Waals surface area contributed by atoms with Crippen molar-refractivity contribution in [1.82, 2.24) is 0 Å². The maximum absolute atomic E-state index is 12.6. The van der Waals surface area contributed by atoms with E-state index in [4.69, 9.17) is 9.52 Å².